The molecule has 0 saturated heterocycles. The first-order chi connectivity index (χ1) is 11.1. The summed E-state index contributed by atoms with van der Waals surface area (Å²) in [4.78, 5) is 28.8. The SMILES string of the molecule is CCCc1n[nH]c(=S)n1CC(=O)Nc1ccc2[nH]c(=O)[nH]c2c1. The molecule has 1 aromatic carbocycles. The summed E-state index contributed by atoms with van der Waals surface area (Å²) < 4.78 is 2.11. The first-order valence-electron chi connectivity index (χ1n) is 7.23. The van der Waals surface area contributed by atoms with Crippen LogP contribution in [-0.4, -0.2) is 30.6 Å². The van der Waals surface area contributed by atoms with E-state index in [9.17, 15) is 9.59 Å². The van der Waals surface area contributed by atoms with Crippen molar-refractivity contribution in [3.8, 4) is 0 Å². The first-order valence-corrected chi connectivity index (χ1v) is 7.63. The molecule has 0 atom stereocenters. The van der Waals surface area contributed by atoms with Crippen LogP contribution in [0.5, 0.6) is 0 Å². The van der Waals surface area contributed by atoms with Crippen molar-refractivity contribution < 1.29 is 4.79 Å². The average Bonchev–Trinajstić information content (AvgIpc) is 3.03. The summed E-state index contributed by atoms with van der Waals surface area (Å²) in [5, 5.41) is 9.64. The Kier molecular flexibility index (Phi) is 4.11. The highest BCUT2D eigenvalue weighted by Crippen LogP contribution is 2.14. The number of anilines is 1. The lowest BCUT2D eigenvalue weighted by atomic mass is 10.2. The number of H-pyrrole nitrogens is 3. The number of carbonyl (C=O) groups is 1. The maximum absolute atomic E-state index is 12.2. The van der Waals surface area contributed by atoms with Gasteiger partial charge in [0, 0.05) is 12.1 Å². The van der Waals surface area contributed by atoms with Gasteiger partial charge in [-0.3, -0.25) is 14.5 Å². The van der Waals surface area contributed by atoms with Gasteiger partial charge in [0.25, 0.3) is 0 Å². The van der Waals surface area contributed by atoms with E-state index in [0.29, 0.717) is 21.5 Å². The summed E-state index contributed by atoms with van der Waals surface area (Å²) in [7, 11) is 0. The molecule has 3 aromatic rings. The molecule has 3 rings (SSSR count). The van der Waals surface area contributed by atoms with E-state index in [1.807, 2.05) is 6.92 Å². The standard InChI is InChI=1S/C14H16N6O2S/c1-2-3-11-18-19-14(23)20(11)7-12(21)15-8-4-5-9-10(6-8)17-13(22)16-9/h4-6H,2-3,7H2,1H3,(H,15,21)(H,19,23)(H2,16,17,22). The predicted molar refractivity (Wildman–Crippen MR) is 89.0 cm³/mol. The van der Waals surface area contributed by atoms with Crippen LogP contribution in [0.4, 0.5) is 5.69 Å². The van der Waals surface area contributed by atoms with Gasteiger partial charge in [0.05, 0.1) is 11.0 Å². The van der Waals surface area contributed by atoms with Crippen LogP contribution in [0.15, 0.2) is 23.0 Å². The van der Waals surface area contributed by atoms with Gasteiger partial charge in [0.2, 0.25) is 5.91 Å². The van der Waals surface area contributed by atoms with E-state index in [2.05, 4.69) is 25.5 Å². The van der Waals surface area contributed by atoms with E-state index in [0.717, 1.165) is 18.7 Å². The number of carbonyl (C=O) groups excluding carboxylic acids is 1. The lowest BCUT2D eigenvalue weighted by Crippen LogP contribution is -2.20. The predicted octanol–water partition coefficient (Wildman–Crippen LogP) is 1.70. The molecule has 120 valence electrons. The van der Waals surface area contributed by atoms with E-state index in [1.54, 1.807) is 22.8 Å². The molecular formula is C14H16N6O2S. The first kappa shape index (κ1) is 15.2. The number of aromatic nitrogens is 5. The molecule has 0 fully saturated rings. The van der Waals surface area contributed by atoms with Gasteiger partial charge >= 0.3 is 5.69 Å². The smallest absolute Gasteiger partial charge is 0.323 e. The molecule has 1 amide bonds. The van der Waals surface area contributed by atoms with Crippen LogP contribution in [0, 0.1) is 4.77 Å². The van der Waals surface area contributed by atoms with Gasteiger partial charge in [-0.05, 0) is 36.8 Å². The second-order valence-corrected chi connectivity index (χ2v) is 5.56. The Labute approximate surface area is 135 Å². The third-order valence-corrected chi connectivity index (χ3v) is 3.72. The summed E-state index contributed by atoms with van der Waals surface area (Å²) in [5.74, 6) is 0.551. The highest BCUT2D eigenvalue weighted by atomic mass is 32.1. The summed E-state index contributed by atoms with van der Waals surface area (Å²) in [6.07, 6.45) is 1.66. The third kappa shape index (κ3) is 3.24. The fourth-order valence-electron chi connectivity index (χ4n) is 2.38. The molecule has 0 bridgehead atoms. The van der Waals surface area contributed by atoms with Crippen LogP contribution in [0.2, 0.25) is 0 Å². The molecule has 0 saturated carbocycles. The monoisotopic (exact) mass is 332 g/mol. The summed E-state index contributed by atoms with van der Waals surface area (Å²) in [5.41, 5.74) is 1.65. The van der Waals surface area contributed by atoms with Crippen LogP contribution in [0.3, 0.4) is 0 Å². The van der Waals surface area contributed by atoms with Crippen LogP contribution < -0.4 is 11.0 Å². The quantitative estimate of drug-likeness (QED) is 0.533. The van der Waals surface area contributed by atoms with Crippen LogP contribution in [0.25, 0.3) is 11.0 Å². The maximum Gasteiger partial charge on any atom is 0.323 e. The fraction of sp³-hybridized carbons (Fsp3) is 0.286. The number of benzene rings is 1. The molecule has 23 heavy (non-hydrogen) atoms. The number of nitrogens with zero attached hydrogens (tertiary/aromatic N) is 2. The second kappa shape index (κ2) is 6.21. The number of imidazole rings is 1. The van der Waals surface area contributed by atoms with Crippen LogP contribution >= 0.6 is 12.2 Å². The number of nitrogens with one attached hydrogen (secondary N) is 4. The molecule has 4 N–H and O–H groups in total. The van der Waals surface area contributed by atoms with E-state index in [4.69, 9.17) is 12.2 Å². The molecule has 0 spiro atoms. The molecule has 9 heteroatoms. The lowest BCUT2D eigenvalue weighted by molar-refractivity contribution is -0.116. The van der Waals surface area contributed by atoms with Gasteiger partial charge in [-0.2, -0.15) is 5.10 Å². The molecule has 2 heterocycles. The molecular weight excluding hydrogens is 316 g/mol. The van der Waals surface area contributed by atoms with Gasteiger partial charge in [0.15, 0.2) is 4.77 Å². The Hall–Kier alpha value is -2.68. The zero-order valence-corrected chi connectivity index (χ0v) is 13.3. The van der Waals surface area contributed by atoms with Crippen LogP contribution in [0.1, 0.15) is 19.2 Å². The average molecular weight is 332 g/mol. The van der Waals surface area contributed by atoms with Crippen molar-refractivity contribution in [2.45, 2.75) is 26.3 Å². The summed E-state index contributed by atoms with van der Waals surface area (Å²) in [6, 6.07) is 5.16. The zero-order valence-electron chi connectivity index (χ0n) is 12.5. The molecule has 0 radical (unpaired) electrons. The van der Waals surface area contributed by atoms with Crippen molar-refractivity contribution in [1.82, 2.24) is 24.7 Å². The number of rotatable bonds is 5. The van der Waals surface area contributed by atoms with Gasteiger partial charge < -0.3 is 15.3 Å². The minimum absolute atomic E-state index is 0.0896. The van der Waals surface area contributed by atoms with Gasteiger partial charge in [-0.15, -0.1) is 0 Å². The number of fused-ring (bicyclic) bond motifs is 1. The number of hydrogen-bond acceptors (Lipinski definition) is 4. The van der Waals surface area contributed by atoms with Crippen molar-refractivity contribution in [3.63, 3.8) is 0 Å². The van der Waals surface area contributed by atoms with Gasteiger partial charge in [0.1, 0.15) is 12.4 Å². The Balaban J connectivity index is 1.77. The zero-order chi connectivity index (χ0) is 16.4. The van der Waals surface area contributed by atoms with Crippen molar-refractivity contribution in [1.29, 1.82) is 0 Å². The van der Waals surface area contributed by atoms with E-state index in [1.165, 1.54) is 0 Å². The minimum atomic E-state index is -0.280. The van der Waals surface area contributed by atoms with Crippen molar-refractivity contribution in [2.75, 3.05) is 5.32 Å². The van der Waals surface area contributed by atoms with E-state index >= 15 is 0 Å². The molecule has 2 aromatic heterocycles. The number of aryl methyl sites for hydroxylation is 1. The highest BCUT2D eigenvalue weighted by molar-refractivity contribution is 7.71. The Morgan fingerprint density at radius 2 is 2.13 bits per heavy atom. The van der Waals surface area contributed by atoms with Crippen molar-refractivity contribution in [3.05, 3.63) is 39.3 Å². The number of amides is 1. The maximum atomic E-state index is 12.2. The topological polar surface area (TPSA) is 111 Å². The Bertz CT molecular complexity index is 963. The molecule has 0 aliphatic rings. The number of hydrogen-bond donors (Lipinski definition) is 4. The van der Waals surface area contributed by atoms with Gasteiger partial charge in [-0.25, -0.2) is 4.79 Å². The molecule has 8 nitrogen and oxygen atoms in total. The largest absolute Gasteiger partial charge is 0.324 e. The van der Waals surface area contributed by atoms with Crippen molar-refractivity contribution in [2.24, 2.45) is 0 Å². The van der Waals surface area contributed by atoms with E-state index in [-0.39, 0.29) is 18.1 Å². The Morgan fingerprint density at radius 3 is 2.91 bits per heavy atom. The summed E-state index contributed by atoms with van der Waals surface area (Å²) >= 11 is 5.16. The summed E-state index contributed by atoms with van der Waals surface area (Å²) in [6.45, 7) is 2.13. The lowest BCUT2D eigenvalue weighted by Gasteiger charge is -2.08. The Morgan fingerprint density at radius 1 is 1.35 bits per heavy atom. The van der Waals surface area contributed by atoms with E-state index < -0.39 is 0 Å². The molecule has 0 unspecified atom stereocenters. The highest BCUT2D eigenvalue weighted by Gasteiger charge is 2.10. The normalized spacial score (nSPS) is 11.0. The molecule has 0 aliphatic heterocycles. The third-order valence-electron chi connectivity index (χ3n) is 3.41. The second-order valence-electron chi connectivity index (χ2n) is 5.17. The molecule has 0 aliphatic carbocycles. The number of aromatic amines is 3. The minimum Gasteiger partial charge on any atom is -0.324 e. The van der Waals surface area contributed by atoms with Crippen molar-refractivity contribution >= 4 is 34.8 Å². The van der Waals surface area contributed by atoms with Gasteiger partial charge in [-0.1, -0.05) is 6.92 Å². The van der Waals surface area contributed by atoms with Crippen LogP contribution in [-0.2, 0) is 17.8 Å². The fourth-order valence-corrected chi connectivity index (χ4v) is 2.60.